The van der Waals surface area contributed by atoms with Gasteiger partial charge in [-0.25, -0.2) is 4.79 Å². The molecule has 0 aromatic rings. The Balaban J connectivity index is 3.47. The summed E-state index contributed by atoms with van der Waals surface area (Å²) in [6.45, 7) is 1.02. The number of hydrogen-bond acceptors (Lipinski definition) is 4. The van der Waals surface area contributed by atoms with E-state index in [1.54, 1.807) is 0 Å². The van der Waals surface area contributed by atoms with Crippen molar-refractivity contribution in [1.82, 2.24) is 0 Å². The van der Waals surface area contributed by atoms with E-state index in [9.17, 15) is 14.4 Å². The summed E-state index contributed by atoms with van der Waals surface area (Å²) in [5.74, 6) is -2.98. The van der Waals surface area contributed by atoms with Crippen LogP contribution < -0.4 is 0 Å². The molecule has 0 radical (unpaired) electrons. The van der Waals surface area contributed by atoms with Gasteiger partial charge in [0.1, 0.15) is 0 Å². The third-order valence-electron chi connectivity index (χ3n) is 0.873. The van der Waals surface area contributed by atoms with Crippen molar-refractivity contribution in [3.05, 3.63) is 0 Å². The van der Waals surface area contributed by atoms with Crippen LogP contribution in [0.25, 0.3) is 0 Å². The van der Waals surface area contributed by atoms with E-state index in [-0.39, 0.29) is 13.0 Å². The quantitative estimate of drug-likeness (QED) is 0.446. The van der Waals surface area contributed by atoms with Gasteiger partial charge in [-0.1, -0.05) is 0 Å². The standard InChI is InChI=1S/C6H8O5/c1-4(7)11-3-2-5(8)6(9)10/h2-3H2,1H3,(H,9,10). The van der Waals surface area contributed by atoms with E-state index in [0.29, 0.717) is 0 Å². The number of carboxylic acid groups (broad SMARTS) is 1. The molecule has 0 aliphatic heterocycles. The zero-order valence-corrected chi connectivity index (χ0v) is 5.99. The van der Waals surface area contributed by atoms with Crippen LogP contribution in [-0.2, 0) is 19.1 Å². The predicted octanol–water partition coefficient (Wildman–Crippen LogP) is -0.407. The Morgan fingerprint density at radius 2 is 1.91 bits per heavy atom. The van der Waals surface area contributed by atoms with Gasteiger partial charge in [-0.05, 0) is 0 Å². The summed E-state index contributed by atoms with van der Waals surface area (Å²) < 4.78 is 4.34. The van der Waals surface area contributed by atoms with Gasteiger partial charge in [-0.2, -0.15) is 0 Å². The van der Waals surface area contributed by atoms with Crippen LogP contribution in [0.2, 0.25) is 0 Å². The zero-order chi connectivity index (χ0) is 8.85. The van der Waals surface area contributed by atoms with Crippen molar-refractivity contribution in [3.8, 4) is 0 Å². The van der Waals surface area contributed by atoms with Gasteiger partial charge in [0.25, 0.3) is 0 Å². The topological polar surface area (TPSA) is 80.7 Å². The molecule has 5 heteroatoms. The molecule has 0 atom stereocenters. The lowest BCUT2D eigenvalue weighted by molar-refractivity contribution is -0.151. The molecule has 0 spiro atoms. The number of carbonyl (C=O) groups excluding carboxylic acids is 2. The van der Waals surface area contributed by atoms with E-state index in [0.717, 1.165) is 0 Å². The molecule has 0 aromatic heterocycles. The summed E-state index contributed by atoms with van der Waals surface area (Å²) in [4.78, 5) is 30.3. The fourth-order valence-electron chi connectivity index (χ4n) is 0.394. The summed E-state index contributed by atoms with van der Waals surface area (Å²) in [5, 5.41) is 8.06. The first-order valence-electron chi connectivity index (χ1n) is 2.93. The molecule has 1 N–H and O–H groups in total. The number of Topliss-reactive ketones (excluding diaryl/α,β-unsaturated/α-hetero) is 1. The second kappa shape index (κ2) is 4.43. The third-order valence-corrected chi connectivity index (χ3v) is 0.873. The Hall–Kier alpha value is -1.39. The molecule has 0 heterocycles. The van der Waals surface area contributed by atoms with Crippen LogP contribution in [0.5, 0.6) is 0 Å². The summed E-state index contributed by atoms with van der Waals surface area (Å²) >= 11 is 0. The van der Waals surface area contributed by atoms with Crippen LogP contribution in [0, 0.1) is 0 Å². The maximum Gasteiger partial charge on any atom is 0.372 e. The molecular formula is C6H8O5. The highest BCUT2D eigenvalue weighted by molar-refractivity contribution is 6.32. The van der Waals surface area contributed by atoms with Crippen LogP contribution in [0.3, 0.4) is 0 Å². The molecule has 0 rings (SSSR count). The van der Waals surface area contributed by atoms with Crippen LogP contribution in [-0.4, -0.2) is 29.4 Å². The second-order valence-corrected chi connectivity index (χ2v) is 1.82. The van der Waals surface area contributed by atoms with Crippen LogP contribution >= 0.6 is 0 Å². The lowest BCUT2D eigenvalue weighted by Gasteiger charge is -1.97. The monoisotopic (exact) mass is 160 g/mol. The van der Waals surface area contributed by atoms with E-state index in [2.05, 4.69) is 4.74 Å². The van der Waals surface area contributed by atoms with E-state index in [1.165, 1.54) is 6.92 Å². The SMILES string of the molecule is CC(=O)OCCC(=O)C(=O)O. The molecule has 0 unspecified atom stereocenters. The van der Waals surface area contributed by atoms with E-state index < -0.39 is 17.7 Å². The highest BCUT2D eigenvalue weighted by Gasteiger charge is 2.10. The van der Waals surface area contributed by atoms with Gasteiger partial charge in [-0.15, -0.1) is 0 Å². The first-order valence-corrected chi connectivity index (χ1v) is 2.93. The van der Waals surface area contributed by atoms with Gasteiger partial charge < -0.3 is 9.84 Å². The minimum Gasteiger partial charge on any atom is -0.475 e. The highest BCUT2D eigenvalue weighted by Crippen LogP contribution is 1.85. The Kier molecular flexibility index (Phi) is 3.87. The molecule has 0 fully saturated rings. The van der Waals surface area contributed by atoms with Crippen LogP contribution in [0.15, 0.2) is 0 Å². The number of hydrogen-bond donors (Lipinski definition) is 1. The minimum atomic E-state index is -1.50. The van der Waals surface area contributed by atoms with Crippen LogP contribution in [0.1, 0.15) is 13.3 Å². The first kappa shape index (κ1) is 9.61. The molecular weight excluding hydrogens is 152 g/mol. The maximum atomic E-state index is 10.3. The van der Waals surface area contributed by atoms with Crippen molar-refractivity contribution < 1.29 is 24.2 Å². The normalized spacial score (nSPS) is 8.82. The largest absolute Gasteiger partial charge is 0.475 e. The number of esters is 1. The number of ether oxygens (including phenoxy) is 1. The van der Waals surface area contributed by atoms with Crippen molar-refractivity contribution in [2.75, 3.05) is 6.61 Å². The Labute approximate surface area is 63.0 Å². The predicted molar refractivity (Wildman–Crippen MR) is 33.9 cm³/mol. The fraction of sp³-hybridized carbons (Fsp3) is 0.500. The fourth-order valence-corrected chi connectivity index (χ4v) is 0.394. The van der Waals surface area contributed by atoms with Crippen molar-refractivity contribution in [3.63, 3.8) is 0 Å². The third kappa shape index (κ3) is 5.07. The van der Waals surface area contributed by atoms with Crippen molar-refractivity contribution in [2.24, 2.45) is 0 Å². The molecule has 0 aromatic carbocycles. The highest BCUT2D eigenvalue weighted by atomic mass is 16.5. The average molecular weight is 160 g/mol. The number of aliphatic carboxylic acids is 1. The minimum absolute atomic E-state index is 0.166. The number of ketones is 1. The van der Waals surface area contributed by atoms with Gasteiger partial charge in [0, 0.05) is 6.92 Å². The lowest BCUT2D eigenvalue weighted by Crippen LogP contribution is -2.15. The maximum absolute atomic E-state index is 10.3. The molecule has 0 aliphatic carbocycles. The average Bonchev–Trinajstić information content (AvgIpc) is 1.86. The molecule has 0 amide bonds. The first-order chi connectivity index (χ1) is 5.04. The number of carbonyl (C=O) groups is 3. The summed E-state index contributed by atoms with van der Waals surface area (Å²) in [5.41, 5.74) is 0. The van der Waals surface area contributed by atoms with E-state index in [4.69, 9.17) is 5.11 Å². The van der Waals surface area contributed by atoms with Gasteiger partial charge >= 0.3 is 11.9 Å². The number of carboxylic acids is 1. The number of rotatable bonds is 4. The van der Waals surface area contributed by atoms with Crippen molar-refractivity contribution in [1.29, 1.82) is 0 Å². The molecule has 0 bridgehead atoms. The summed E-state index contributed by atoms with van der Waals surface area (Å²) in [6.07, 6.45) is -0.269. The molecule has 62 valence electrons. The van der Waals surface area contributed by atoms with Crippen LogP contribution in [0.4, 0.5) is 0 Å². The lowest BCUT2D eigenvalue weighted by atomic mass is 10.3. The second-order valence-electron chi connectivity index (χ2n) is 1.82. The Morgan fingerprint density at radius 1 is 1.36 bits per heavy atom. The molecule has 11 heavy (non-hydrogen) atoms. The van der Waals surface area contributed by atoms with Crippen molar-refractivity contribution >= 4 is 17.7 Å². The van der Waals surface area contributed by atoms with Gasteiger partial charge in [0.05, 0.1) is 13.0 Å². The Morgan fingerprint density at radius 3 is 2.27 bits per heavy atom. The summed E-state index contributed by atoms with van der Waals surface area (Å²) in [7, 11) is 0. The molecule has 0 aliphatic rings. The summed E-state index contributed by atoms with van der Waals surface area (Å²) in [6, 6.07) is 0. The van der Waals surface area contributed by atoms with Crippen molar-refractivity contribution in [2.45, 2.75) is 13.3 Å². The molecule has 0 saturated heterocycles. The molecule has 0 saturated carbocycles. The van der Waals surface area contributed by atoms with E-state index >= 15 is 0 Å². The van der Waals surface area contributed by atoms with Gasteiger partial charge in [0.2, 0.25) is 5.78 Å². The van der Waals surface area contributed by atoms with E-state index in [1.807, 2.05) is 0 Å². The Bertz CT molecular complexity index is 183. The van der Waals surface area contributed by atoms with Gasteiger partial charge in [-0.3, -0.25) is 9.59 Å². The molecule has 5 nitrogen and oxygen atoms in total. The smallest absolute Gasteiger partial charge is 0.372 e. The van der Waals surface area contributed by atoms with Gasteiger partial charge in [0.15, 0.2) is 0 Å². The zero-order valence-electron chi connectivity index (χ0n) is 5.99.